The largest absolute Gasteiger partial charge is 0.243 e. The van der Waals surface area contributed by atoms with Gasteiger partial charge in [0.25, 0.3) is 0 Å². The molecule has 0 aromatic rings. The second kappa shape index (κ2) is 3.20. The van der Waals surface area contributed by atoms with Gasteiger partial charge in [-0.3, -0.25) is 0 Å². The molecule has 2 aliphatic carbocycles. The predicted octanol–water partition coefficient (Wildman–Crippen LogP) is 3.11. The molecule has 0 spiro atoms. The maximum absolute atomic E-state index is 13.3. The van der Waals surface area contributed by atoms with Gasteiger partial charge in [-0.25, -0.2) is 13.2 Å². The minimum Gasteiger partial charge on any atom is -0.243 e. The molecule has 0 heterocycles. The van der Waals surface area contributed by atoms with E-state index in [1.165, 1.54) is 6.08 Å². The minimum atomic E-state index is -2.03. The summed E-state index contributed by atoms with van der Waals surface area (Å²) < 4.78 is 39.0. The number of alkyl halides is 2. The second-order valence-corrected chi connectivity index (χ2v) is 3.64. The van der Waals surface area contributed by atoms with E-state index >= 15 is 0 Å². The van der Waals surface area contributed by atoms with E-state index < -0.39 is 18.2 Å². The van der Waals surface area contributed by atoms with Crippen LogP contribution in [0.25, 0.3) is 0 Å². The summed E-state index contributed by atoms with van der Waals surface area (Å²) in [6.45, 7) is 0. The van der Waals surface area contributed by atoms with Crippen LogP contribution in [-0.4, -0.2) is 12.3 Å². The van der Waals surface area contributed by atoms with E-state index in [4.69, 9.17) is 0 Å². The van der Waals surface area contributed by atoms with Crippen LogP contribution in [0, 0.1) is 11.8 Å². The molecule has 4 atom stereocenters. The first-order valence-corrected chi connectivity index (χ1v) is 4.52. The molecule has 13 heavy (non-hydrogen) atoms. The normalized spacial score (nSPS) is 44.1. The number of allylic oxidation sites excluding steroid dienone is 4. The summed E-state index contributed by atoms with van der Waals surface area (Å²) in [5.74, 6) is -1.55. The zero-order valence-electron chi connectivity index (χ0n) is 7.09. The Kier molecular flexibility index (Phi) is 2.18. The fourth-order valence-electron chi connectivity index (χ4n) is 2.07. The lowest BCUT2D eigenvalue weighted by Gasteiger charge is -2.33. The number of halogens is 3. The summed E-state index contributed by atoms with van der Waals surface area (Å²) in [7, 11) is 0. The molecule has 72 valence electrons. The van der Waals surface area contributed by atoms with E-state index in [-0.39, 0.29) is 11.8 Å². The Morgan fingerprint density at radius 1 is 1.31 bits per heavy atom. The van der Waals surface area contributed by atoms with Crippen molar-refractivity contribution in [2.24, 2.45) is 11.8 Å². The smallest absolute Gasteiger partial charge is 0.182 e. The van der Waals surface area contributed by atoms with Gasteiger partial charge in [-0.15, -0.1) is 0 Å². The highest BCUT2D eigenvalue weighted by molar-refractivity contribution is 5.19. The van der Waals surface area contributed by atoms with Crippen molar-refractivity contribution in [2.75, 3.05) is 0 Å². The first-order valence-electron chi connectivity index (χ1n) is 4.52. The van der Waals surface area contributed by atoms with Crippen molar-refractivity contribution in [1.29, 1.82) is 0 Å². The van der Waals surface area contributed by atoms with E-state index in [1.54, 1.807) is 6.08 Å². The van der Waals surface area contributed by atoms with Crippen LogP contribution < -0.4 is 0 Å². The van der Waals surface area contributed by atoms with Crippen molar-refractivity contribution >= 4 is 0 Å². The third-order valence-electron chi connectivity index (χ3n) is 2.82. The Balaban J connectivity index is 2.29. The highest BCUT2D eigenvalue weighted by Gasteiger charge is 2.40. The van der Waals surface area contributed by atoms with Gasteiger partial charge in [0, 0.05) is 11.8 Å². The van der Waals surface area contributed by atoms with Crippen LogP contribution in [0.2, 0.25) is 0 Å². The van der Waals surface area contributed by atoms with Gasteiger partial charge in [0.1, 0.15) is 12.0 Å². The Bertz CT molecular complexity index is 257. The molecule has 0 aromatic carbocycles. The Hall–Kier alpha value is -0.730. The highest BCUT2D eigenvalue weighted by Crippen LogP contribution is 2.39. The van der Waals surface area contributed by atoms with Gasteiger partial charge in [0.05, 0.1) is 0 Å². The third kappa shape index (κ3) is 1.40. The third-order valence-corrected chi connectivity index (χ3v) is 2.82. The lowest BCUT2D eigenvalue weighted by atomic mass is 9.76. The zero-order valence-corrected chi connectivity index (χ0v) is 7.09. The van der Waals surface area contributed by atoms with E-state index in [0.29, 0.717) is 6.42 Å². The van der Waals surface area contributed by atoms with Gasteiger partial charge < -0.3 is 0 Å². The van der Waals surface area contributed by atoms with Crippen molar-refractivity contribution in [1.82, 2.24) is 0 Å². The summed E-state index contributed by atoms with van der Waals surface area (Å²) in [5.41, 5.74) is 0. The fraction of sp³-hybridized carbons (Fsp3) is 0.600. The van der Waals surface area contributed by atoms with E-state index in [9.17, 15) is 13.2 Å². The molecule has 0 radical (unpaired) electrons. The molecule has 0 saturated heterocycles. The first kappa shape index (κ1) is 8.85. The molecular weight excluding hydrogens is 177 g/mol. The Morgan fingerprint density at radius 3 is 2.85 bits per heavy atom. The number of hydrogen-bond acceptors (Lipinski definition) is 0. The maximum atomic E-state index is 13.3. The van der Waals surface area contributed by atoms with Gasteiger partial charge in [-0.2, -0.15) is 0 Å². The molecule has 0 fully saturated rings. The average Bonchev–Trinajstić information content (AvgIpc) is 2.15. The van der Waals surface area contributed by atoms with Gasteiger partial charge in [0.15, 0.2) is 6.17 Å². The molecule has 2 rings (SSSR count). The van der Waals surface area contributed by atoms with Crippen molar-refractivity contribution in [2.45, 2.75) is 25.2 Å². The van der Waals surface area contributed by atoms with Crippen molar-refractivity contribution < 1.29 is 13.2 Å². The zero-order chi connectivity index (χ0) is 9.42. The van der Waals surface area contributed by atoms with Gasteiger partial charge >= 0.3 is 0 Å². The van der Waals surface area contributed by atoms with Crippen LogP contribution in [0.1, 0.15) is 12.8 Å². The number of fused-ring (bicyclic) bond motifs is 1. The van der Waals surface area contributed by atoms with Crippen LogP contribution in [0.3, 0.4) is 0 Å². The molecule has 2 aliphatic rings. The summed E-state index contributed by atoms with van der Waals surface area (Å²) in [6.07, 6.45) is 2.56. The fourth-order valence-corrected chi connectivity index (χ4v) is 2.07. The van der Waals surface area contributed by atoms with Crippen LogP contribution in [0.4, 0.5) is 13.2 Å². The predicted molar refractivity (Wildman–Crippen MR) is 44.3 cm³/mol. The molecular formula is C10H11F3. The second-order valence-electron chi connectivity index (χ2n) is 3.64. The van der Waals surface area contributed by atoms with Crippen LogP contribution in [0.5, 0.6) is 0 Å². The van der Waals surface area contributed by atoms with Crippen LogP contribution >= 0.6 is 0 Å². The summed E-state index contributed by atoms with van der Waals surface area (Å²) in [5, 5.41) is 0. The summed E-state index contributed by atoms with van der Waals surface area (Å²) >= 11 is 0. The van der Waals surface area contributed by atoms with E-state index in [2.05, 4.69) is 0 Å². The molecule has 0 saturated carbocycles. The average molecular weight is 188 g/mol. The first-order chi connectivity index (χ1) is 6.20. The molecule has 0 aliphatic heterocycles. The molecule has 0 aromatic heterocycles. The Morgan fingerprint density at radius 2 is 2.08 bits per heavy atom. The molecule has 0 N–H and O–H groups in total. The quantitative estimate of drug-likeness (QED) is 0.512. The molecule has 0 nitrogen and oxygen atoms in total. The maximum Gasteiger partial charge on any atom is 0.182 e. The minimum absolute atomic E-state index is 0.240. The number of rotatable bonds is 0. The van der Waals surface area contributed by atoms with Crippen LogP contribution in [0.15, 0.2) is 24.1 Å². The molecule has 0 bridgehead atoms. The molecule has 4 unspecified atom stereocenters. The lowest BCUT2D eigenvalue weighted by molar-refractivity contribution is 0.0813. The highest BCUT2D eigenvalue weighted by atomic mass is 19.2. The molecule has 0 amide bonds. The van der Waals surface area contributed by atoms with Crippen molar-refractivity contribution in [3.8, 4) is 0 Å². The van der Waals surface area contributed by atoms with Gasteiger partial charge in [-0.1, -0.05) is 12.2 Å². The van der Waals surface area contributed by atoms with Crippen LogP contribution in [-0.2, 0) is 0 Å². The SMILES string of the molecule is FC1=CC2C=CCCC2C(F)C1F. The lowest BCUT2D eigenvalue weighted by Crippen LogP contribution is -2.36. The Labute approximate surface area is 75.1 Å². The van der Waals surface area contributed by atoms with E-state index in [0.717, 1.165) is 6.42 Å². The monoisotopic (exact) mass is 188 g/mol. The van der Waals surface area contributed by atoms with Crippen molar-refractivity contribution in [3.63, 3.8) is 0 Å². The summed E-state index contributed by atoms with van der Waals surface area (Å²) in [4.78, 5) is 0. The van der Waals surface area contributed by atoms with Gasteiger partial charge in [-0.05, 0) is 18.9 Å². The topological polar surface area (TPSA) is 0 Å². The molecule has 3 heteroatoms. The summed E-state index contributed by atoms with van der Waals surface area (Å²) in [6, 6.07) is 0. The standard InChI is InChI=1S/C10H11F3/c11-8-5-6-3-1-2-4-7(6)9(12)10(8)13/h1,3,5-7,9-10H,2,4H2. The number of hydrogen-bond donors (Lipinski definition) is 0. The van der Waals surface area contributed by atoms with E-state index in [1.807, 2.05) is 6.08 Å². The van der Waals surface area contributed by atoms with Gasteiger partial charge in [0.2, 0.25) is 0 Å². The van der Waals surface area contributed by atoms with Crippen molar-refractivity contribution in [3.05, 3.63) is 24.1 Å².